The van der Waals surface area contributed by atoms with Gasteiger partial charge in [0.1, 0.15) is 11.6 Å². The van der Waals surface area contributed by atoms with E-state index >= 15 is 0 Å². The Morgan fingerprint density at radius 2 is 1.65 bits per heavy atom. The minimum Gasteiger partial charge on any atom is -0.494 e. The standard InChI is InChI=1S/C30H33Cl2N3O2/c31-24-15-17-25(18-16-24)37-21-9-8-20-35-28-13-6-5-12-27(28)34-29(35)14-2-1-7-19-33-30(36)22-23-10-3-4-11-26(23)32/h3-6,10-13,15-18H,1-2,7-9,14,19-22H2,(H,33,36). The van der Waals surface area contributed by atoms with Gasteiger partial charge < -0.3 is 14.6 Å². The number of hydrogen-bond acceptors (Lipinski definition) is 3. The second-order valence-corrected chi connectivity index (χ2v) is 9.95. The van der Waals surface area contributed by atoms with Gasteiger partial charge in [-0.3, -0.25) is 4.79 Å². The molecule has 1 aromatic heterocycles. The van der Waals surface area contributed by atoms with Crippen LogP contribution in [-0.2, 0) is 24.2 Å². The molecule has 0 saturated carbocycles. The van der Waals surface area contributed by atoms with Crippen molar-refractivity contribution in [2.45, 2.75) is 51.5 Å². The number of imidazole rings is 1. The second-order valence-electron chi connectivity index (χ2n) is 9.11. The van der Waals surface area contributed by atoms with Crippen LogP contribution in [0.15, 0.2) is 72.8 Å². The van der Waals surface area contributed by atoms with E-state index < -0.39 is 0 Å². The Labute approximate surface area is 228 Å². The number of ether oxygens (including phenoxy) is 1. The average Bonchev–Trinajstić information content (AvgIpc) is 3.25. The number of unbranched alkanes of at least 4 members (excludes halogenated alkanes) is 3. The van der Waals surface area contributed by atoms with Crippen LogP contribution in [0.2, 0.25) is 10.0 Å². The topological polar surface area (TPSA) is 56.2 Å². The predicted octanol–water partition coefficient (Wildman–Crippen LogP) is 7.27. The van der Waals surface area contributed by atoms with E-state index in [1.54, 1.807) is 0 Å². The van der Waals surface area contributed by atoms with Crippen molar-refractivity contribution in [3.05, 3.63) is 94.2 Å². The zero-order valence-electron chi connectivity index (χ0n) is 21.0. The molecule has 194 valence electrons. The van der Waals surface area contributed by atoms with E-state index in [0.29, 0.717) is 29.6 Å². The summed E-state index contributed by atoms with van der Waals surface area (Å²) < 4.78 is 8.19. The molecular formula is C30H33Cl2N3O2. The molecule has 1 N–H and O–H groups in total. The van der Waals surface area contributed by atoms with Crippen molar-refractivity contribution in [1.82, 2.24) is 14.9 Å². The van der Waals surface area contributed by atoms with Gasteiger partial charge in [-0.2, -0.15) is 0 Å². The molecule has 0 radical (unpaired) electrons. The Morgan fingerprint density at radius 1 is 0.865 bits per heavy atom. The lowest BCUT2D eigenvalue weighted by atomic mass is 10.1. The summed E-state index contributed by atoms with van der Waals surface area (Å²) in [6, 6.07) is 23.3. The molecule has 0 spiro atoms. The Bertz CT molecular complexity index is 1290. The van der Waals surface area contributed by atoms with E-state index in [0.717, 1.165) is 67.7 Å². The second kappa shape index (κ2) is 14.1. The lowest BCUT2D eigenvalue weighted by Crippen LogP contribution is -2.26. The fourth-order valence-corrected chi connectivity index (χ4v) is 4.68. The van der Waals surface area contributed by atoms with Gasteiger partial charge in [0.25, 0.3) is 0 Å². The molecule has 4 rings (SSSR count). The number of benzene rings is 3. The fourth-order valence-electron chi connectivity index (χ4n) is 4.35. The number of carbonyl (C=O) groups is 1. The van der Waals surface area contributed by atoms with Crippen molar-refractivity contribution in [2.75, 3.05) is 13.2 Å². The van der Waals surface area contributed by atoms with Gasteiger partial charge in [-0.25, -0.2) is 4.98 Å². The summed E-state index contributed by atoms with van der Waals surface area (Å²) in [5, 5.41) is 4.35. The zero-order chi connectivity index (χ0) is 25.9. The summed E-state index contributed by atoms with van der Waals surface area (Å²) in [7, 11) is 0. The molecule has 3 aromatic carbocycles. The number of para-hydroxylation sites is 2. The molecule has 1 amide bonds. The highest BCUT2D eigenvalue weighted by Gasteiger charge is 2.10. The molecule has 0 fully saturated rings. The summed E-state index contributed by atoms with van der Waals surface area (Å²) in [5.41, 5.74) is 3.09. The number of nitrogens with zero attached hydrogens (tertiary/aromatic N) is 2. The summed E-state index contributed by atoms with van der Waals surface area (Å²) in [6.45, 7) is 2.26. The molecule has 5 nitrogen and oxygen atoms in total. The number of aromatic nitrogens is 2. The first kappa shape index (κ1) is 27.0. The summed E-state index contributed by atoms with van der Waals surface area (Å²) in [4.78, 5) is 17.1. The van der Waals surface area contributed by atoms with Gasteiger partial charge in [0.15, 0.2) is 0 Å². The molecule has 37 heavy (non-hydrogen) atoms. The lowest BCUT2D eigenvalue weighted by Gasteiger charge is -2.11. The Morgan fingerprint density at radius 3 is 2.49 bits per heavy atom. The van der Waals surface area contributed by atoms with Crippen LogP contribution in [0.4, 0.5) is 0 Å². The van der Waals surface area contributed by atoms with E-state index in [4.69, 9.17) is 32.9 Å². The normalized spacial score (nSPS) is 11.1. The number of halogens is 2. The quantitative estimate of drug-likeness (QED) is 0.172. The van der Waals surface area contributed by atoms with Crippen molar-refractivity contribution in [3.8, 4) is 5.75 Å². The molecule has 0 aliphatic heterocycles. The Hall–Kier alpha value is -3.02. The zero-order valence-corrected chi connectivity index (χ0v) is 22.5. The third-order valence-electron chi connectivity index (χ3n) is 6.30. The summed E-state index contributed by atoms with van der Waals surface area (Å²) >= 11 is 12.1. The van der Waals surface area contributed by atoms with E-state index in [2.05, 4.69) is 28.1 Å². The van der Waals surface area contributed by atoms with Gasteiger partial charge in [-0.05, 0) is 73.7 Å². The number of carbonyl (C=O) groups excluding carboxylic acids is 1. The average molecular weight is 539 g/mol. The van der Waals surface area contributed by atoms with Crippen molar-refractivity contribution >= 4 is 40.1 Å². The number of fused-ring (bicyclic) bond motifs is 1. The maximum atomic E-state index is 12.2. The monoisotopic (exact) mass is 537 g/mol. The Balaban J connectivity index is 1.19. The predicted molar refractivity (Wildman–Crippen MR) is 152 cm³/mol. The Kier molecular flexibility index (Phi) is 10.3. The van der Waals surface area contributed by atoms with Gasteiger partial charge in [0.05, 0.1) is 24.1 Å². The molecule has 4 aromatic rings. The van der Waals surface area contributed by atoms with Gasteiger partial charge >= 0.3 is 0 Å². The first-order valence-electron chi connectivity index (χ1n) is 12.9. The third-order valence-corrected chi connectivity index (χ3v) is 6.92. The van der Waals surface area contributed by atoms with Gasteiger partial charge in [-0.15, -0.1) is 0 Å². The van der Waals surface area contributed by atoms with Crippen LogP contribution in [0.1, 0.15) is 43.5 Å². The number of aryl methyl sites for hydroxylation is 2. The van der Waals surface area contributed by atoms with Crippen molar-refractivity contribution in [2.24, 2.45) is 0 Å². The van der Waals surface area contributed by atoms with Gasteiger partial charge in [0, 0.05) is 29.6 Å². The van der Waals surface area contributed by atoms with Crippen LogP contribution >= 0.6 is 23.2 Å². The minimum absolute atomic E-state index is 0.00920. The number of nitrogens with one attached hydrogen (secondary N) is 1. The van der Waals surface area contributed by atoms with Crippen LogP contribution in [0.5, 0.6) is 5.75 Å². The molecule has 0 atom stereocenters. The smallest absolute Gasteiger partial charge is 0.224 e. The molecule has 7 heteroatoms. The van der Waals surface area contributed by atoms with Crippen molar-refractivity contribution in [3.63, 3.8) is 0 Å². The van der Waals surface area contributed by atoms with Gasteiger partial charge in [-0.1, -0.05) is 60.0 Å². The highest BCUT2D eigenvalue weighted by molar-refractivity contribution is 6.31. The molecular weight excluding hydrogens is 505 g/mol. The van der Waals surface area contributed by atoms with Crippen LogP contribution in [-0.4, -0.2) is 28.6 Å². The first-order chi connectivity index (χ1) is 18.1. The van der Waals surface area contributed by atoms with E-state index in [1.165, 1.54) is 5.52 Å². The van der Waals surface area contributed by atoms with E-state index in [9.17, 15) is 4.79 Å². The number of amides is 1. The SMILES string of the molecule is O=C(Cc1ccccc1Cl)NCCCCCc1nc2ccccc2n1CCCCOc1ccc(Cl)cc1. The van der Waals surface area contributed by atoms with Crippen LogP contribution in [0.25, 0.3) is 11.0 Å². The molecule has 0 unspecified atom stereocenters. The minimum atomic E-state index is 0.00920. The number of hydrogen-bond donors (Lipinski definition) is 1. The van der Waals surface area contributed by atoms with Crippen molar-refractivity contribution < 1.29 is 9.53 Å². The lowest BCUT2D eigenvalue weighted by molar-refractivity contribution is -0.120. The maximum Gasteiger partial charge on any atom is 0.224 e. The van der Waals surface area contributed by atoms with Crippen molar-refractivity contribution in [1.29, 1.82) is 0 Å². The van der Waals surface area contributed by atoms with Crippen LogP contribution < -0.4 is 10.1 Å². The first-order valence-corrected chi connectivity index (χ1v) is 13.7. The summed E-state index contributed by atoms with van der Waals surface area (Å²) in [5.74, 6) is 1.98. The van der Waals surface area contributed by atoms with Crippen LogP contribution in [0.3, 0.4) is 0 Å². The van der Waals surface area contributed by atoms with E-state index in [1.807, 2.05) is 54.6 Å². The van der Waals surface area contributed by atoms with E-state index in [-0.39, 0.29) is 5.91 Å². The fraction of sp³-hybridized carbons (Fsp3) is 0.333. The largest absolute Gasteiger partial charge is 0.494 e. The third kappa shape index (κ3) is 8.24. The molecule has 0 saturated heterocycles. The molecule has 0 aliphatic rings. The molecule has 0 bridgehead atoms. The molecule has 1 heterocycles. The molecule has 0 aliphatic carbocycles. The summed E-state index contributed by atoms with van der Waals surface area (Å²) in [6.07, 6.45) is 6.21. The highest BCUT2D eigenvalue weighted by Crippen LogP contribution is 2.20. The highest BCUT2D eigenvalue weighted by atomic mass is 35.5. The number of rotatable bonds is 14. The maximum absolute atomic E-state index is 12.2. The van der Waals surface area contributed by atoms with Gasteiger partial charge in [0.2, 0.25) is 5.91 Å². The van der Waals surface area contributed by atoms with Crippen LogP contribution in [0, 0.1) is 0 Å².